The van der Waals surface area contributed by atoms with Gasteiger partial charge in [0.15, 0.2) is 5.69 Å². The van der Waals surface area contributed by atoms with Crippen molar-refractivity contribution in [3.63, 3.8) is 0 Å². The van der Waals surface area contributed by atoms with Crippen LogP contribution in [0, 0.1) is 5.21 Å². The number of hydrogen-bond donors (Lipinski definition) is 2. The Labute approximate surface area is 108 Å². The van der Waals surface area contributed by atoms with Crippen LogP contribution in [-0.4, -0.2) is 29.0 Å². The van der Waals surface area contributed by atoms with Crippen LogP contribution in [0.25, 0.3) is 10.8 Å². The summed E-state index contributed by atoms with van der Waals surface area (Å²) in [6, 6.07) is 7.68. The molecule has 1 aliphatic rings. The fourth-order valence-corrected chi connectivity index (χ4v) is 2.40. The summed E-state index contributed by atoms with van der Waals surface area (Å²) in [6.45, 7) is 0. The summed E-state index contributed by atoms with van der Waals surface area (Å²) in [5, 5.41) is 20.1. The Morgan fingerprint density at radius 3 is 2.37 bits per heavy atom. The molecule has 19 heavy (non-hydrogen) atoms. The average molecular weight is 258 g/mol. The van der Waals surface area contributed by atoms with E-state index in [1.54, 1.807) is 18.2 Å². The Bertz CT molecular complexity index is 702. The van der Waals surface area contributed by atoms with Gasteiger partial charge in [-0.3, -0.25) is 14.5 Å². The largest absolute Gasteiger partial charge is 0.595 e. The van der Waals surface area contributed by atoms with Crippen LogP contribution in [0.4, 0.5) is 5.69 Å². The summed E-state index contributed by atoms with van der Waals surface area (Å²) < 4.78 is 0. The third-order valence-electron chi connectivity index (χ3n) is 3.34. The lowest BCUT2D eigenvalue weighted by atomic mass is 9.93. The lowest BCUT2D eigenvalue weighted by molar-refractivity contribution is -0.990. The van der Waals surface area contributed by atoms with Crippen molar-refractivity contribution in [1.29, 1.82) is 0 Å². The molecule has 2 N–H and O–H groups in total. The third kappa shape index (κ3) is 1.48. The van der Waals surface area contributed by atoms with E-state index in [2.05, 4.69) is 0 Å². The zero-order valence-electron chi connectivity index (χ0n) is 10.0. The minimum absolute atomic E-state index is 0.0887. The first-order valence-electron chi connectivity index (χ1n) is 5.64. The van der Waals surface area contributed by atoms with Crippen molar-refractivity contribution < 1.29 is 20.0 Å². The first-order valence-corrected chi connectivity index (χ1v) is 5.64. The van der Waals surface area contributed by atoms with Gasteiger partial charge in [-0.15, -0.1) is 0 Å². The van der Waals surface area contributed by atoms with Crippen LogP contribution in [0.2, 0.25) is 0 Å². The molecule has 0 aliphatic carbocycles. The van der Waals surface area contributed by atoms with Gasteiger partial charge in [-0.05, 0) is 18.2 Å². The first kappa shape index (κ1) is 11.8. The van der Waals surface area contributed by atoms with E-state index in [1.807, 2.05) is 0 Å². The molecule has 0 aromatic heterocycles. The van der Waals surface area contributed by atoms with Gasteiger partial charge in [-0.25, -0.2) is 5.21 Å². The molecule has 1 atom stereocenters. The lowest BCUT2D eigenvalue weighted by Gasteiger charge is -2.24. The van der Waals surface area contributed by atoms with Crippen LogP contribution < -0.4 is 5.23 Å². The molecule has 1 unspecified atom stereocenters. The number of imide groups is 1. The van der Waals surface area contributed by atoms with Gasteiger partial charge in [-0.2, -0.15) is 5.23 Å². The number of quaternary nitrogens is 1. The van der Waals surface area contributed by atoms with E-state index >= 15 is 0 Å². The summed E-state index contributed by atoms with van der Waals surface area (Å²) in [4.78, 5) is 25.1. The first-order chi connectivity index (χ1) is 9.02. The lowest BCUT2D eigenvalue weighted by Crippen LogP contribution is -2.99. The maximum atomic E-state index is 12.1. The number of amides is 2. The number of rotatable bonds is 1. The molecule has 2 amide bonds. The van der Waals surface area contributed by atoms with Gasteiger partial charge in [0, 0.05) is 35.0 Å². The molecule has 3 rings (SSSR count). The van der Waals surface area contributed by atoms with Gasteiger partial charge in [0.05, 0.1) is 0 Å². The summed E-state index contributed by atoms with van der Waals surface area (Å²) in [7, 11) is 1.41. The third-order valence-corrected chi connectivity index (χ3v) is 3.34. The molecular weight excluding hydrogens is 248 g/mol. The maximum absolute atomic E-state index is 12.1. The van der Waals surface area contributed by atoms with E-state index in [9.17, 15) is 14.8 Å². The summed E-state index contributed by atoms with van der Waals surface area (Å²) >= 11 is 0. The van der Waals surface area contributed by atoms with Crippen molar-refractivity contribution in [3.05, 3.63) is 46.7 Å². The highest BCUT2D eigenvalue weighted by atomic mass is 16.8. The van der Waals surface area contributed by atoms with Crippen LogP contribution in [0.1, 0.15) is 20.7 Å². The zero-order chi connectivity index (χ0) is 13.7. The highest BCUT2D eigenvalue weighted by Gasteiger charge is 2.31. The SMILES string of the molecule is CN1C(=O)c2cccc3c([NH+]([O-])O)ccc(c23)C1=O. The van der Waals surface area contributed by atoms with Gasteiger partial charge in [0.25, 0.3) is 11.8 Å². The van der Waals surface area contributed by atoms with E-state index in [0.717, 1.165) is 4.90 Å². The van der Waals surface area contributed by atoms with Crippen molar-refractivity contribution in [2.24, 2.45) is 0 Å². The molecular formula is C13H10N2O4. The number of benzene rings is 2. The summed E-state index contributed by atoms with van der Waals surface area (Å²) in [5.41, 5.74) is 0.807. The summed E-state index contributed by atoms with van der Waals surface area (Å²) in [6.07, 6.45) is 0. The van der Waals surface area contributed by atoms with Crippen molar-refractivity contribution in [3.8, 4) is 0 Å². The minimum Gasteiger partial charge on any atom is -0.595 e. The monoisotopic (exact) mass is 258 g/mol. The molecule has 1 heterocycles. The second kappa shape index (κ2) is 3.86. The number of nitrogens with zero attached hydrogens (tertiary/aromatic N) is 1. The Kier molecular flexibility index (Phi) is 2.39. The number of nitrogens with one attached hydrogen (secondary N) is 1. The van der Waals surface area contributed by atoms with E-state index in [1.165, 1.54) is 19.2 Å². The second-order valence-corrected chi connectivity index (χ2v) is 4.36. The quantitative estimate of drug-likeness (QED) is 0.575. The number of carbonyl (C=O) groups excluding carboxylic acids is 2. The molecule has 0 radical (unpaired) electrons. The van der Waals surface area contributed by atoms with Crippen molar-refractivity contribution >= 4 is 28.3 Å². The molecule has 6 nitrogen and oxygen atoms in total. The Morgan fingerprint density at radius 2 is 1.74 bits per heavy atom. The van der Waals surface area contributed by atoms with E-state index in [4.69, 9.17) is 5.21 Å². The molecule has 0 spiro atoms. The zero-order valence-corrected chi connectivity index (χ0v) is 10.0. The van der Waals surface area contributed by atoms with Crippen LogP contribution in [-0.2, 0) is 0 Å². The molecule has 96 valence electrons. The standard InChI is InChI=1S/C13H10N2O4/c1-14-12(16)8-4-2-3-7-10(15(18)19)6-5-9(11(7)8)13(14)17/h2-6,15,18H,1H3. The summed E-state index contributed by atoms with van der Waals surface area (Å²) in [5.74, 6) is -0.823. The van der Waals surface area contributed by atoms with Crippen LogP contribution in [0.3, 0.4) is 0 Å². The van der Waals surface area contributed by atoms with Gasteiger partial charge in [0.2, 0.25) is 0 Å². The molecule has 2 aromatic rings. The molecule has 0 saturated heterocycles. The molecule has 6 heteroatoms. The number of hydrogen-bond acceptors (Lipinski definition) is 4. The van der Waals surface area contributed by atoms with Gasteiger partial charge < -0.3 is 5.21 Å². The number of carbonyl (C=O) groups is 2. The van der Waals surface area contributed by atoms with Crippen molar-refractivity contribution in [2.75, 3.05) is 7.05 Å². The van der Waals surface area contributed by atoms with Crippen LogP contribution in [0.15, 0.2) is 30.3 Å². The fourth-order valence-electron chi connectivity index (χ4n) is 2.40. The highest BCUT2D eigenvalue weighted by Crippen LogP contribution is 2.32. The smallest absolute Gasteiger partial charge is 0.261 e. The molecule has 0 fully saturated rings. The fraction of sp³-hybridized carbons (Fsp3) is 0.0769. The van der Waals surface area contributed by atoms with Gasteiger partial charge >= 0.3 is 0 Å². The minimum atomic E-state index is -1.08. The van der Waals surface area contributed by atoms with Crippen LogP contribution in [0.5, 0.6) is 0 Å². The maximum Gasteiger partial charge on any atom is 0.261 e. The second-order valence-electron chi connectivity index (χ2n) is 4.36. The average Bonchev–Trinajstić information content (AvgIpc) is 2.41. The Balaban J connectivity index is 2.47. The Hall–Kier alpha value is -2.28. The molecule has 1 aliphatic heterocycles. The molecule has 0 saturated carbocycles. The van der Waals surface area contributed by atoms with Crippen LogP contribution >= 0.6 is 0 Å². The molecule has 2 aromatic carbocycles. The van der Waals surface area contributed by atoms with E-state index in [0.29, 0.717) is 21.9 Å². The van der Waals surface area contributed by atoms with Crippen molar-refractivity contribution in [1.82, 2.24) is 4.90 Å². The van der Waals surface area contributed by atoms with E-state index in [-0.39, 0.29) is 5.69 Å². The predicted molar refractivity (Wildman–Crippen MR) is 66.1 cm³/mol. The van der Waals surface area contributed by atoms with E-state index < -0.39 is 17.0 Å². The van der Waals surface area contributed by atoms with Crippen molar-refractivity contribution in [2.45, 2.75) is 0 Å². The van der Waals surface area contributed by atoms with Gasteiger partial charge in [0.1, 0.15) is 0 Å². The van der Waals surface area contributed by atoms with Gasteiger partial charge in [-0.1, -0.05) is 6.07 Å². The normalized spacial score (nSPS) is 16.1. The highest BCUT2D eigenvalue weighted by molar-refractivity contribution is 6.26. The Morgan fingerprint density at radius 1 is 1.11 bits per heavy atom. The topological polar surface area (TPSA) is 85.1 Å². The molecule has 0 bridgehead atoms. The predicted octanol–water partition coefficient (Wildman–Crippen LogP) is 0.469.